The number of nitrogens with zero attached hydrogens (tertiary/aromatic N) is 5. The maximum Gasteiger partial charge on any atom is 0.358 e. The molecule has 0 aromatic carbocycles. The summed E-state index contributed by atoms with van der Waals surface area (Å²) in [6, 6.07) is 0. The van der Waals surface area contributed by atoms with Crippen LogP contribution in [0, 0.1) is 0 Å². The van der Waals surface area contributed by atoms with Crippen molar-refractivity contribution >= 4 is 5.97 Å². The van der Waals surface area contributed by atoms with Crippen molar-refractivity contribution in [2.45, 2.75) is 26.4 Å². The van der Waals surface area contributed by atoms with Gasteiger partial charge in [-0.2, -0.15) is 0 Å². The molecule has 2 rings (SSSR count). The molecule has 0 spiro atoms. The summed E-state index contributed by atoms with van der Waals surface area (Å²) < 4.78 is 3.53. The third-order valence-corrected chi connectivity index (χ3v) is 2.50. The van der Waals surface area contributed by atoms with E-state index >= 15 is 0 Å². The molecule has 0 aliphatic heterocycles. The average molecular weight is 235 g/mol. The summed E-state index contributed by atoms with van der Waals surface area (Å²) in [4.78, 5) is 14.8. The second-order valence-electron chi connectivity index (χ2n) is 3.57. The fourth-order valence-electron chi connectivity index (χ4n) is 1.66. The Balaban J connectivity index is 2.13. The van der Waals surface area contributed by atoms with Crippen LogP contribution in [0.25, 0.3) is 0 Å². The van der Waals surface area contributed by atoms with Crippen LogP contribution >= 0.6 is 0 Å². The summed E-state index contributed by atoms with van der Waals surface area (Å²) in [6.45, 7) is 3.16. The van der Waals surface area contributed by atoms with Crippen LogP contribution in [0.5, 0.6) is 0 Å². The van der Waals surface area contributed by atoms with E-state index in [4.69, 9.17) is 5.11 Å². The van der Waals surface area contributed by atoms with Crippen molar-refractivity contribution in [3.63, 3.8) is 0 Å². The first-order valence-electron chi connectivity index (χ1n) is 5.33. The van der Waals surface area contributed by atoms with Gasteiger partial charge in [-0.1, -0.05) is 12.1 Å². The van der Waals surface area contributed by atoms with E-state index in [0.717, 1.165) is 0 Å². The Labute approximate surface area is 97.7 Å². The molecule has 2 heterocycles. The topological polar surface area (TPSA) is 85.8 Å². The zero-order valence-electron chi connectivity index (χ0n) is 9.44. The highest BCUT2D eigenvalue weighted by molar-refractivity contribution is 5.86. The van der Waals surface area contributed by atoms with Crippen molar-refractivity contribution in [1.29, 1.82) is 0 Å². The second-order valence-corrected chi connectivity index (χ2v) is 3.57. The van der Waals surface area contributed by atoms with Crippen LogP contribution in [-0.4, -0.2) is 35.6 Å². The molecule has 0 aliphatic rings. The van der Waals surface area contributed by atoms with Gasteiger partial charge < -0.3 is 9.67 Å². The van der Waals surface area contributed by atoms with E-state index in [1.165, 1.54) is 0 Å². The van der Waals surface area contributed by atoms with Gasteiger partial charge in [-0.15, -0.1) is 5.10 Å². The summed E-state index contributed by atoms with van der Waals surface area (Å²) in [6.07, 6.45) is 5.85. The molecule has 0 amide bonds. The van der Waals surface area contributed by atoms with Gasteiger partial charge >= 0.3 is 5.97 Å². The summed E-state index contributed by atoms with van der Waals surface area (Å²) in [5.41, 5.74) is 0.691. The number of hydrogen-bond donors (Lipinski definition) is 1. The number of aromatic carboxylic acids is 1. The van der Waals surface area contributed by atoms with Crippen LogP contribution in [0.3, 0.4) is 0 Å². The predicted molar refractivity (Wildman–Crippen MR) is 58.6 cm³/mol. The Kier molecular flexibility index (Phi) is 3.17. The van der Waals surface area contributed by atoms with Crippen LogP contribution in [0.4, 0.5) is 0 Å². The summed E-state index contributed by atoms with van der Waals surface area (Å²) in [5.74, 6) is -1.03. The molecule has 0 saturated carbocycles. The Morgan fingerprint density at radius 3 is 2.88 bits per heavy atom. The molecular weight excluding hydrogens is 222 g/mol. The predicted octanol–water partition coefficient (Wildman–Crippen LogP) is 0.435. The molecule has 0 aliphatic carbocycles. The molecule has 2 aromatic rings. The zero-order chi connectivity index (χ0) is 12.3. The maximum atomic E-state index is 10.9. The van der Waals surface area contributed by atoms with Gasteiger partial charge in [0.25, 0.3) is 0 Å². The van der Waals surface area contributed by atoms with Crippen molar-refractivity contribution in [3.05, 3.63) is 30.1 Å². The molecule has 0 atom stereocenters. The summed E-state index contributed by atoms with van der Waals surface area (Å²) in [7, 11) is 0. The number of hydrogen-bond acceptors (Lipinski definition) is 4. The minimum Gasteiger partial charge on any atom is -0.476 e. The monoisotopic (exact) mass is 235 g/mol. The fraction of sp³-hybridized carbons (Fsp3) is 0.400. The maximum absolute atomic E-state index is 10.9. The van der Waals surface area contributed by atoms with Crippen LogP contribution in [0.15, 0.2) is 18.7 Å². The van der Waals surface area contributed by atoms with Gasteiger partial charge in [0.05, 0.1) is 18.6 Å². The fourth-order valence-corrected chi connectivity index (χ4v) is 1.66. The standard InChI is InChI=1S/C10H13N5O2/c1-2-8-9(10(16)17)12-13-15(8)6-5-14-4-3-11-7-14/h3-4,7H,2,5-6H2,1H3,(H,16,17). The van der Waals surface area contributed by atoms with E-state index in [1.54, 1.807) is 17.2 Å². The largest absolute Gasteiger partial charge is 0.476 e. The molecule has 0 unspecified atom stereocenters. The smallest absolute Gasteiger partial charge is 0.358 e. The number of aromatic nitrogens is 5. The first-order chi connectivity index (χ1) is 8.22. The normalized spacial score (nSPS) is 10.6. The quantitative estimate of drug-likeness (QED) is 0.812. The van der Waals surface area contributed by atoms with Gasteiger partial charge in [0, 0.05) is 18.9 Å². The Bertz CT molecular complexity index is 503. The molecule has 2 aromatic heterocycles. The van der Waals surface area contributed by atoms with Crippen molar-refractivity contribution in [1.82, 2.24) is 24.5 Å². The third-order valence-electron chi connectivity index (χ3n) is 2.50. The highest BCUT2D eigenvalue weighted by Gasteiger charge is 2.16. The number of carboxylic acids is 1. The molecular formula is C10H13N5O2. The average Bonchev–Trinajstić information content (AvgIpc) is 2.95. The molecule has 7 nitrogen and oxygen atoms in total. The SMILES string of the molecule is CCc1c(C(=O)O)nnn1CCn1ccnc1. The molecule has 0 fully saturated rings. The van der Waals surface area contributed by atoms with Gasteiger partial charge in [0.1, 0.15) is 0 Å². The number of aryl methyl sites for hydroxylation is 2. The number of imidazole rings is 1. The highest BCUT2D eigenvalue weighted by atomic mass is 16.4. The van der Waals surface area contributed by atoms with Crippen LogP contribution in [0.1, 0.15) is 23.1 Å². The second kappa shape index (κ2) is 4.77. The van der Waals surface area contributed by atoms with Crippen molar-refractivity contribution in [2.24, 2.45) is 0 Å². The number of carboxylic acid groups (broad SMARTS) is 1. The lowest BCUT2D eigenvalue weighted by atomic mass is 10.2. The first kappa shape index (κ1) is 11.3. The molecule has 17 heavy (non-hydrogen) atoms. The first-order valence-corrected chi connectivity index (χ1v) is 5.33. The van der Waals surface area contributed by atoms with Crippen LogP contribution in [-0.2, 0) is 19.5 Å². The summed E-state index contributed by atoms with van der Waals surface area (Å²) in [5, 5.41) is 16.5. The van der Waals surface area contributed by atoms with Gasteiger partial charge in [0.2, 0.25) is 0 Å². The van der Waals surface area contributed by atoms with Gasteiger partial charge in [-0.05, 0) is 6.42 Å². The lowest BCUT2D eigenvalue weighted by Crippen LogP contribution is -2.11. The number of rotatable bonds is 5. The van der Waals surface area contributed by atoms with Crippen LogP contribution in [0.2, 0.25) is 0 Å². The van der Waals surface area contributed by atoms with E-state index < -0.39 is 5.97 Å². The molecule has 0 bridgehead atoms. The summed E-state index contributed by atoms with van der Waals surface area (Å²) >= 11 is 0. The Morgan fingerprint density at radius 2 is 2.29 bits per heavy atom. The Morgan fingerprint density at radius 1 is 1.47 bits per heavy atom. The van der Waals surface area contributed by atoms with Gasteiger partial charge in [-0.3, -0.25) is 0 Å². The molecule has 1 N–H and O–H groups in total. The van der Waals surface area contributed by atoms with E-state index in [0.29, 0.717) is 25.2 Å². The van der Waals surface area contributed by atoms with E-state index in [1.807, 2.05) is 17.7 Å². The van der Waals surface area contributed by atoms with Crippen LogP contribution < -0.4 is 0 Å². The van der Waals surface area contributed by atoms with Crippen molar-refractivity contribution < 1.29 is 9.90 Å². The number of carbonyl (C=O) groups is 1. The van der Waals surface area contributed by atoms with Gasteiger partial charge in [0.15, 0.2) is 5.69 Å². The van der Waals surface area contributed by atoms with E-state index in [9.17, 15) is 4.79 Å². The zero-order valence-corrected chi connectivity index (χ0v) is 9.44. The van der Waals surface area contributed by atoms with Crippen molar-refractivity contribution in [3.8, 4) is 0 Å². The van der Waals surface area contributed by atoms with E-state index in [2.05, 4.69) is 15.3 Å². The highest BCUT2D eigenvalue weighted by Crippen LogP contribution is 2.06. The third kappa shape index (κ3) is 2.32. The lowest BCUT2D eigenvalue weighted by Gasteiger charge is -2.05. The van der Waals surface area contributed by atoms with Gasteiger partial charge in [-0.25, -0.2) is 14.5 Å². The molecule has 0 radical (unpaired) electrons. The molecule has 90 valence electrons. The minimum atomic E-state index is -1.03. The molecule has 0 saturated heterocycles. The molecule has 7 heteroatoms. The van der Waals surface area contributed by atoms with E-state index in [-0.39, 0.29) is 5.69 Å². The lowest BCUT2D eigenvalue weighted by molar-refractivity contribution is 0.0689. The minimum absolute atomic E-state index is 0.0399. The van der Waals surface area contributed by atoms with Crippen molar-refractivity contribution in [2.75, 3.05) is 0 Å². The Hall–Kier alpha value is -2.18.